The van der Waals surface area contributed by atoms with Crippen molar-refractivity contribution in [3.05, 3.63) is 29.8 Å². The number of pyridine rings is 1. The highest BCUT2D eigenvalue weighted by Crippen LogP contribution is 2.36. The second-order valence-electron chi connectivity index (χ2n) is 6.76. The summed E-state index contributed by atoms with van der Waals surface area (Å²) in [6.45, 7) is 12.0. The van der Waals surface area contributed by atoms with Crippen LogP contribution in [0.4, 0.5) is 0 Å². The van der Waals surface area contributed by atoms with E-state index in [2.05, 4.69) is 10.1 Å². The maximum absolute atomic E-state index is 6.09. The summed E-state index contributed by atoms with van der Waals surface area (Å²) < 4.78 is 17.4. The minimum absolute atomic E-state index is 0.357. The van der Waals surface area contributed by atoms with Crippen molar-refractivity contribution in [3.63, 3.8) is 0 Å². The predicted molar refractivity (Wildman–Crippen MR) is 84.9 cm³/mol. The Morgan fingerprint density at radius 2 is 1.68 bits per heavy atom. The third kappa shape index (κ3) is 2.36. The lowest BCUT2D eigenvalue weighted by atomic mass is 9.79. The SMILES string of the molecule is Cc1noc(C)c1-c1cc(B2OC(C)(C)C(C)(C)O2)ccn1. The Hall–Kier alpha value is -1.66. The molecule has 1 fully saturated rings. The second kappa shape index (κ2) is 4.93. The Morgan fingerprint density at radius 1 is 1.05 bits per heavy atom. The van der Waals surface area contributed by atoms with Gasteiger partial charge in [-0.15, -0.1) is 0 Å². The Kier molecular flexibility index (Phi) is 3.42. The first-order valence-electron chi connectivity index (χ1n) is 7.46. The summed E-state index contributed by atoms with van der Waals surface area (Å²) in [6.07, 6.45) is 1.77. The summed E-state index contributed by atoms with van der Waals surface area (Å²) in [5.41, 5.74) is 2.82. The number of nitrogens with zero attached hydrogens (tertiary/aromatic N) is 2. The molecular weight excluding hydrogens is 279 g/mol. The van der Waals surface area contributed by atoms with Crippen molar-refractivity contribution in [1.29, 1.82) is 0 Å². The minimum Gasteiger partial charge on any atom is -0.399 e. The van der Waals surface area contributed by atoms with E-state index in [1.54, 1.807) is 6.20 Å². The molecule has 0 bridgehead atoms. The number of aryl methyl sites for hydroxylation is 2. The zero-order valence-corrected chi connectivity index (χ0v) is 13.9. The van der Waals surface area contributed by atoms with Crippen molar-refractivity contribution in [1.82, 2.24) is 10.1 Å². The maximum Gasteiger partial charge on any atom is 0.494 e. The van der Waals surface area contributed by atoms with Crippen LogP contribution in [0.2, 0.25) is 0 Å². The fourth-order valence-corrected chi connectivity index (χ4v) is 2.56. The van der Waals surface area contributed by atoms with E-state index in [-0.39, 0.29) is 11.2 Å². The third-order valence-corrected chi connectivity index (χ3v) is 4.60. The molecule has 1 aliphatic rings. The number of rotatable bonds is 2. The molecule has 0 aromatic carbocycles. The van der Waals surface area contributed by atoms with Gasteiger partial charge in [0.25, 0.3) is 0 Å². The van der Waals surface area contributed by atoms with Crippen molar-refractivity contribution >= 4 is 12.6 Å². The maximum atomic E-state index is 6.09. The van der Waals surface area contributed by atoms with Crippen LogP contribution in [0, 0.1) is 13.8 Å². The molecule has 0 radical (unpaired) electrons. The van der Waals surface area contributed by atoms with Gasteiger partial charge in [-0.05, 0) is 59.1 Å². The molecule has 0 amide bonds. The number of hydrogen-bond acceptors (Lipinski definition) is 5. The van der Waals surface area contributed by atoms with E-state index >= 15 is 0 Å². The zero-order valence-electron chi connectivity index (χ0n) is 13.9. The van der Waals surface area contributed by atoms with E-state index < -0.39 is 7.12 Å². The molecule has 5 nitrogen and oxygen atoms in total. The topological polar surface area (TPSA) is 57.4 Å². The van der Waals surface area contributed by atoms with Gasteiger partial charge in [0, 0.05) is 6.20 Å². The summed E-state index contributed by atoms with van der Waals surface area (Å²) in [7, 11) is -0.396. The van der Waals surface area contributed by atoms with Gasteiger partial charge in [-0.1, -0.05) is 5.16 Å². The Balaban J connectivity index is 1.97. The van der Waals surface area contributed by atoms with Gasteiger partial charge in [0.1, 0.15) is 5.76 Å². The number of hydrogen-bond donors (Lipinski definition) is 0. The zero-order chi connectivity index (χ0) is 16.1. The van der Waals surface area contributed by atoms with E-state index in [0.29, 0.717) is 0 Å². The third-order valence-electron chi connectivity index (χ3n) is 4.60. The van der Waals surface area contributed by atoms with Gasteiger partial charge in [0.2, 0.25) is 0 Å². The van der Waals surface area contributed by atoms with Crippen LogP contribution in [-0.4, -0.2) is 28.5 Å². The largest absolute Gasteiger partial charge is 0.494 e. The van der Waals surface area contributed by atoms with Crippen molar-refractivity contribution in [2.45, 2.75) is 52.7 Å². The fourth-order valence-electron chi connectivity index (χ4n) is 2.56. The van der Waals surface area contributed by atoms with E-state index in [1.807, 2.05) is 53.7 Å². The average Bonchev–Trinajstić information content (AvgIpc) is 2.87. The molecule has 0 atom stereocenters. The molecule has 3 heterocycles. The van der Waals surface area contributed by atoms with E-state index in [4.69, 9.17) is 13.8 Å². The molecule has 0 saturated carbocycles. The summed E-state index contributed by atoms with van der Waals surface area (Å²) >= 11 is 0. The molecule has 2 aromatic heterocycles. The first-order chi connectivity index (χ1) is 10.2. The van der Waals surface area contributed by atoms with Crippen LogP contribution in [0.25, 0.3) is 11.3 Å². The quantitative estimate of drug-likeness (QED) is 0.798. The van der Waals surface area contributed by atoms with Crippen LogP contribution in [0.1, 0.15) is 39.1 Å². The first-order valence-corrected chi connectivity index (χ1v) is 7.46. The van der Waals surface area contributed by atoms with Crippen molar-refractivity contribution in [2.75, 3.05) is 0 Å². The van der Waals surface area contributed by atoms with Gasteiger partial charge in [0.05, 0.1) is 28.2 Å². The molecule has 116 valence electrons. The van der Waals surface area contributed by atoms with Crippen molar-refractivity contribution in [2.24, 2.45) is 0 Å². The average molecular weight is 300 g/mol. The van der Waals surface area contributed by atoms with Crippen molar-refractivity contribution < 1.29 is 13.8 Å². The van der Waals surface area contributed by atoms with Gasteiger partial charge in [-0.3, -0.25) is 4.98 Å². The van der Waals surface area contributed by atoms with E-state index in [9.17, 15) is 0 Å². The molecule has 0 aliphatic carbocycles. The smallest absolute Gasteiger partial charge is 0.399 e. The molecule has 22 heavy (non-hydrogen) atoms. The number of aromatic nitrogens is 2. The fraction of sp³-hybridized carbons (Fsp3) is 0.500. The van der Waals surface area contributed by atoms with Crippen LogP contribution in [0.3, 0.4) is 0 Å². The molecule has 0 spiro atoms. The van der Waals surface area contributed by atoms with Gasteiger partial charge >= 0.3 is 7.12 Å². The summed E-state index contributed by atoms with van der Waals surface area (Å²) in [4.78, 5) is 4.44. The van der Waals surface area contributed by atoms with Crippen molar-refractivity contribution in [3.8, 4) is 11.3 Å². The highest BCUT2D eigenvalue weighted by molar-refractivity contribution is 6.62. The molecular formula is C16H21BN2O3. The molecule has 0 N–H and O–H groups in total. The Labute approximate surface area is 131 Å². The molecule has 2 aromatic rings. The standard InChI is InChI=1S/C16H21BN2O3/c1-10-14(11(2)20-19-10)13-9-12(7-8-18-13)17-21-15(3,4)16(5,6)22-17/h7-9H,1-6H3. The van der Waals surface area contributed by atoms with Crippen LogP contribution < -0.4 is 5.46 Å². The molecule has 1 saturated heterocycles. The lowest BCUT2D eigenvalue weighted by Gasteiger charge is -2.32. The van der Waals surface area contributed by atoms with Crippen LogP contribution in [-0.2, 0) is 9.31 Å². The van der Waals surface area contributed by atoms with Crippen LogP contribution in [0.5, 0.6) is 0 Å². The van der Waals surface area contributed by atoms with E-state index in [1.165, 1.54) is 0 Å². The predicted octanol–water partition coefficient (Wildman–Crippen LogP) is 2.65. The summed E-state index contributed by atoms with van der Waals surface area (Å²) in [6, 6.07) is 3.90. The normalized spacial score (nSPS) is 19.6. The molecule has 6 heteroatoms. The molecule has 0 unspecified atom stereocenters. The highest BCUT2D eigenvalue weighted by Gasteiger charge is 2.51. The summed E-state index contributed by atoms with van der Waals surface area (Å²) in [5, 5.41) is 3.99. The lowest BCUT2D eigenvalue weighted by molar-refractivity contribution is 0.00578. The monoisotopic (exact) mass is 300 g/mol. The minimum atomic E-state index is -0.396. The lowest BCUT2D eigenvalue weighted by Crippen LogP contribution is -2.41. The van der Waals surface area contributed by atoms with Gasteiger partial charge in [-0.25, -0.2) is 0 Å². The van der Waals surface area contributed by atoms with Gasteiger partial charge in [0.15, 0.2) is 0 Å². The Morgan fingerprint density at radius 3 is 2.23 bits per heavy atom. The van der Waals surface area contributed by atoms with Gasteiger partial charge < -0.3 is 13.8 Å². The summed E-state index contributed by atoms with van der Waals surface area (Å²) in [5.74, 6) is 0.760. The van der Waals surface area contributed by atoms with Crippen LogP contribution >= 0.6 is 0 Å². The highest BCUT2D eigenvalue weighted by atomic mass is 16.7. The van der Waals surface area contributed by atoms with Crippen LogP contribution in [0.15, 0.2) is 22.9 Å². The second-order valence-corrected chi connectivity index (χ2v) is 6.76. The molecule has 1 aliphatic heterocycles. The van der Waals surface area contributed by atoms with Gasteiger partial charge in [-0.2, -0.15) is 0 Å². The molecule has 3 rings (SSSR count). The van der Waals surface area contributed by atoms with E-state index in [0.717, 1.165) is 28.2 Å². The first kappa shape index (κ1) is 15.2. The Bertz CT molecular complexity index is 674.